The van der Waals surface area contributed by atoms with Crippen molar-refractivity contribution in [2.45, 2.75) is 12.8 Å². The van der Waals surface area contributed by atoms with Gasteiger partial charge in [0.05, 0.1) is 11.5 Å². The Morgan fingerprint density at radius 2 is 1.64 bits per heavy atom. The lowest BCUT2D eigenvalue weighted by molar-refractivity contribution is -0.383. The van der Waals surface area contributed by atoms with E-state index in [4.69, 9.17) is 0 Å². The monoisotopic (exact) mass is 382 g/mol. The van der Waals surface area contributed by atoms with Gasteiger partial charge in [-0.15, -0.1) is 0 Å². The standard InChI is InChI=1S/C20H22N4O4/c25-19(22-17-8-4-5-9-18(17)24(27)28)14-23-12-10-15(11-13-23)20(26)21-16-6-2-1-3-7-16/h1-9,15H,10-14H2,(H,21,26)(H,22,25). The van der Waals surface area contributed by atoms with Crippen molar-refractivity contribution < 1.29 is 14.5 Å². The summed E-state index contributed by atoms with van der Waals surface area (Å²) in [5, 5.41) is 16.6. The SMILES string of the molecule is O=C(CN1CCC(C(=O)Nc2ccccc2)CC1)Nc1ccccc1[N+](=O)[O-]. The van der Waals surface area contributed by atoms with Gasteiger partial charge in [-0.05, 0) is 44.1 Å². The molecule has 2 N–H and O–H groups in total. The van der Waals surface area contributed by atoms with Crippen LogP contribution in [0.25, 0.3) is 0 Å². The van der Waals surface area contributed by atoms with E-state index in [0.29, 0.717) is 25.9 Å². The predicted octanol–water partition coefficient (Wildman–Crippen LogP) is 2.88. The minimum absolute atomic E-state index is 0.00443. The fourth-order valence-corrected chi connectivity index (χ4v) is 3.25. The predicted molar refractivity (Wildman–Crippen MR) is 106 cm³/mol. The molecule has 0 aromatic heterocycles. The van der Waals surface area contributed by atoms with Gasteiger partial charge in [-0.25, -0.2) is 0 Å². The van der Waals surface area contributed by atoms with Crippen LogP contribution in [0.1, 0.15) is 12.8 Å². The molecule has 0 atom stereocenters. The third-order valence-corrected chi connectivity index (χ3v) is 4.74. The van der Waals surface area contributed by atoms with Crippen LogP contribution in [-0.4, -0.2) is 41.3 Å². The first-order valence-electron chi connectivity index (χ1n) is 9.14. The Hall–Kier alpha value is -3.26. The highest BCUT2D eigenvalue weighted by Gasteiger charge is 2.26. The molecule has 1 saturated heterocycles. The van der Waals surface area contributed by atoms with Crippen molar-refractivity contribution in [1.29, 1.82) is 0 Å². The van der Waals surface area contributed by atoms with E-state index in [-0.39, 0.29) is 35.7 Å². The summed E-state index contributed by atoms with van der Waals surface area (Å²) in [6.07, 6.45) is 1.33. The van der Waals surface area contributed by atoms with E-state index in [2.05, 4.69) is 10.6 Å². The van der Waals surface area contributed by atoms with Gasteiger partial charge in [0, 0.05) is 17.7 Å². The maximum absolute atomic E-state index is 12.4. The van der Waals surface area contributed by atoms with E-state index < -0.39 is 4.92 Å². The van der Waals surface area contributed by atoms with Gasteiger partial charge in [0.15, 0.2) is 0 Å². The van der Waals surface area contributed by atoms with Crippen LogP contribution in [0.15, 0.2) is 54.6 Å². The van der Waals surface area contributed by atoms with Gasteiger partial charge < -0.3 is 10.6 Å². The molecule has 2 aromatic carbocycles. The highest BCUT2D eigenvalue weighted by atomic mass is 16.6. The summed E-state index contributed by atoms with van der Waals surface area (Å²) in [7, 11) is 0. The van der Waals surface area contributed by atoms with Crippen LogP contribution in [0.4, 0.5) is 17.1 Å². The molecule has 0 radical (unpaired) electrons. The Balaban J connectivity index is 1.47. The lowest BCUT2D eigenvalue weighted by Crippen LogP contribution is -2.41. The number of nitro groups is 1. The number of nitro benzene ring substituents is 1. The van der Waals surface area contributed by atoms with E-state index >= 15 is 0 Å². The van der Waals surface area contributed by atoms with Gasteiger partial charge in [0.2, 0.25) is 11.8 Å². The molecule has 2 amide bonds. The molecular formula is C20H22N4O4. The van der Waals surface area contributed by atoms with Crippen molar-refractivity contribution in [3.05, 3.63) is 64.7 Å². The van der Waals surface area contributed by atoms with Gasteiger partial charge in [-0.2, -0.15) is 0 Å². The molecule has 0 spiro atoms. The zero-order valence-corrected chi connectivity index (χ0v) is 15.3. The van der Waals surface area contributed by atoms with Crippen molar-refractivity contribution in [2.24, 2.45) is 5.92 Å². The van der Waals surface area contributed by atoms with Crippen molar-refractivity contribution in [1.82, 2.24) is 4.90 Å². The van der Waals surface area contributed by atoms with E-state index in [1.54, 1.807) is 12.1 Å². The molecule has 0 saturated carbocycles. The van der Waals surface area contributed by atoms with Crippen LogP contribution in [0.3, 0.4) is 0 Å². The maximum atomic E-state index is 12.4. The van der Waals surface area contributed by atoms with Crippen LogP contribution < -0.4 is 10.6 Å². The molecule has 1 aliphatic rings. The van der Waals surface area contributed by atoms with E-state index in [1.165, 1.54) is 12.1 Å². The zero-order chi connectivity index (χ0) is 19.9. The Labute approximate surface area is 162 Å². The first kappa shape index (κ1) is 19.5. The number of rotatable bonds is 6. The van der Waals surface area contributed by atoms with Gasteiger partial charge >= 0.3 is 0 Å². The summed E-state index contributed by atoms with van der Waals surface area (Å²) < 4.78 is 0. The van der Waals surface area contributed by atoms with Crippen molar-refractivity contribution in [3.63, 3.8) is 0 Å². The Kier molecular flexibility index (Phi) is 6.33. The molecule has 2 aromatic rings. The van der Waals surface area contributed by atoms with Gasteiger partial charge in [0.1, 0.15) is 5.69 Å². The number of carbonyl (C=O) groups excluding carboxylic acids is 2. The summed E-state index contributed by atoms with van der Waals surface area (Å²) in [5.41, 5.74) is 0.834. The lowest BCUT2D eigenvalue weighted by Gasteiger charge is -2.30. The summed E-state index contributed by atoms with van der Waals surface area (Å²) in [6.45, 7) is 1.38. The highest BCUT2D eigenvalue weighted by molar-refractivity contribution is 5.94. The minimum Gasteiger partial charge on any atom is -0.326 e. The first-order chi connectivity index (χ1) is 13.5. The van der Waals surface area contributed by atoms with Crippen molar-refractivity contribution in [2.75, 3.05) is 30.3 Å². The van der Waals surface area contributed by atoms with Crippen molar-refractivity contribution in [3.8, 4) is 0 Å². The molecule has 3 rings (SSSR count). The zero-order valence-electron chi connectivity index (χ0n) is 15.3. The molecule has 8 nitrogen and oxygen atoms in total. The van der Waals surface area contributed by atoms with Gasteiger partial charge in [-0.1, -0.05) is 30.3 Å². The molecule has 8 heteroatoms. The van der Waals surface area contributed by atoms with E-state index in [0.717, 1.165) is 5.69 Å². The Morgan fingerprint density at radius 1 is 1.00 bits per heavy atom. The Bertz CT molecular complexity index is 848. The van der Waals surface area contributed by atoms with E-state index in [1.807, 2.05) is 35.2 Å². The molecule has 0 aliphatic carbocycles. The average molecular weight is 382 g/mol. The number of anilines is 2. The maximum Gasteiger partial charge on any atom is 0.292 e. The number of amides is 2. The molecule has 1 heterocycles. The summed E-state index contributed by atoms with van der Waals surface area (Å²) in [6, 6.07) is 15.4. The second-order valence-electron chi connectivity index (χ2n) is 6.73. The second-order valence-corrected chi connectivity index (χ2v) is 6.73. The van der Waals surface area contributed by atoms with Gasteiger partial charge in [-0.3, -0.25) is 24.6 Å². The minimum atomic E-state index is -0.521. The molecule has 1 aliphatic heterocycles. The number of para-hydroxylation sites is 3. The van der Waals surface area contributed by atoms with Crippen LogP contribution >= 0.6 is 0 Å². The number of benzene rings is 2. The third-order valence-electron chi connectivity index (χ3n) is 4.74. The van der Waals surface area contributed by atoms with E-state index in [9.17, 15) is 19.7 Å². The number of carbonyl (C=O) groups is 2. The molecule has 28 heavy (non-hydrogen) atoms. The summed E-state index contributed by atoms with van der Waals surface area (Å²) in [5.74, 6) is -0.397. The molecule has 146 valence electrons. The fraction of sp³-hybridized carbons (Fsp3) is 0.300. The number of likely N-dealkylation sites (tertiary alicyclic amines) is 1. The van der Waals surface area contributed by atoms with Crippen LogP contribution in [-0.2, 0) is 9.59 Å². The number of hydrogen-bond donors (Lipinski definition) is 2. The highest BCUT2D eigenvalue weighted by Crippen LogP contribution is 2.23. The van der Waals surface area contributed by atoms with Crippen molar-refractivity contribution >= 4 is 28.9 Å². The Morgan fingerprint density at radius 3 is 2.32 bits per heavy atom. The molecule has 0 bridgehead atoms. The van der Waals surface area contributed by atoms with Crippen LogP contribution in [0.5, 0.6) is 0 Å². The molecule has 1 fully saturated rings. The average Bonchev–Trinajstić information content (AvgIpc) is 2.69. The fourth-order valence-electron chi connectivity index (χ4n) is 3.25. The lowest BCUT2D eigenvalue weighted by atomic mass is 9.96. The second kappa shape index (κ2) is 9.09. The van der Waals surface area contributed by atoms with Gasteiger partial charge in [0.25, 0.3) is 5.69 Å². The summed E-state index contributed by atoms with van der Waals surface area (Å²) >= 11 is 0. The number of nitrogens with one attached hydrogen (secondary N) is 2. The summed E-state index contributed by atoms with van der Waals surface area (Å²) in [4.78, 5) is 37.1. The largest absolute Gasteiger partial charge is 0.326 e. The number of hydrogen-bond acceptors (Lipinski definition) is 5. The number of piperidine rings is 1. The first-order valence-corrected chi connectivity index (χ1v) is 9.14. The topological polar surface area (TPSA) is 105 Å². The molecule has 0 unspecified atom stereocenters. The smallest absolute Gasteiger partial charge is 0.292 e. The molecular weight excluding hydrogens is 360 g/mol. The quantitative estimate of drug-likeness (QED) is 0.590. The third kappa shape index (κ3) is 5.14. The van der Waals surface area contributed by atoms with Crippen LogP contribution in [0, 0.1) is 16.0 Å². The number of nitrogens with zero attached hydrogens (tertiary/aromatic N) is 2. The van der Waals surface area contributed by atoms with Crippen LogP contribution in [0.2, 0.25) is 0 Å². The normalized spacial score (nSPS) is 15.0.